The zero-order valence-corrected chi connectivity index (χ0v) is 14.5. The van der Waals surface area contributed by atoms with Crippen molar-refractivity contribution in [1.29, 1.82) is 0 Å². The van der Waals surface area contributed by atoms with Gasteiger partial charge in [-0.1, -0.05) is 17.7 Å². The quantitative estimate of drug-likeness (QED) is 0.513. The summed E-state index contributed by atoms with van der Waals surface area (Å²) in [4.78, 5) is 23.8. The van der Waals surface area contributed by atoms with Gasteiger partial charge in [-0.05, 0) is 36.4 Å². The van der Waals surface area contributed by atoms with Gasteiger partial charge in [0.2, 0.25) is 0 Å². The fraction of sp³-hybridized carbons (Fsp3) is 0.125. The number of hydrogen-bond acceptors (Lipinski definition) is 2. The molecule has 11 heteroatoms. The van der Waals surface area contributed by atoms with Gasteiger partial charge in [0.05, 0.1) is 16.1 Å². The van der Waals surface area contributed by atoms with Crippen molar-refractivity contribution >= 4 is 35.8 Å². The van der Waals surface area contributed by atoms with Gasteiger partial charge in [0.25, 0.3) is 11.8 Å². The molecule has 0 aromatic heterocycles. The smallest absolute Gasteiger partial charge is 0.288 e. The van der Waals surface area contributed by atoms with Crippen molar-refractivity contribution in [2.24, 2.45) is 0 Å². The summed E-state index contributed by atoms with van der Waals surface area (Å²) in [5.41, 5.74) is -3.39. The Balaban J connectivity index is 0.00000364. The molecule has 2 rings (SSSR count). The number of amides is 2. The van der Waals surface area contributed by atoms with Gasteiger partial charge in [0, 0.05) is 11.1 Å². The number of halogens is 8. The standard InChI is InChI=1S/C16H8ClF6NO2.ClH/c17-12-5-4-9(7-11(12)16(21,22)23)14(26)24-13(25)8-2-1-3-10(6-8)15(18,19)20;/h1-7H,(H,24,25,26);1H. The fourth-order valence-electron chi connectivity index (χ4n) is 1.97. The Labute approximate surface area is 159 Å². The van der Waals surface area contributed by atoms with Crippen LogP contribution in [0.5, 0.6) is 0 Å². The Hall–Kier alpha value is -2.26. The molecule has 0 aliphatic rings. The molecule has 3 nitrogen and oxygen atoms in total. The molecule has 0 unspecified atom stereocenters. The van der Waals surface area contributed by atoms with E-state index < -0.39 is 51.4 Å². The van der Waals surface area contributed by atoms with E-state index >= 15 is 0 Å². The summed E-state index contributed by atoms with van der Waals surface area (Å²) in [5, 5.41) is 1.09. The second-order valence-corrected chi connectivity index (χ2v) is 5.46. The van der Waals surface area contributed by atoms with E-state index in [2.05, 4.69) is 0 Å². The molecule has 0 saturated carbocycles. The molecule has 0 spiro atoms. The van der Waals surface area contributed by atoms with E-state index in [9.17, 15) is 35.9 Å². The number of imide groups is 1. The van der Waals surface area contributed by atoms with Crippen LogP contribution in [0.25, 0.3) is 0 Å². The zero-order chi connectivity index (χ0) is 19.7. The number of rotatable bonds is 2. The molecule has 0 fully saturated rings. The molecule has 1 N–H and O–H groups in total. The van der Waals surface area contributed by atoms with Gasteiger partial charge >= 0.3 is 12.4 Å². The van der Waals surface area contributed by atoms with Gasteiger partial charge in [-0.3, -0.25) is 14.9 Å². The number of hydrogen-bond donors (Lipinski definition) is 1. The highest BCUT2D eigenvalue weighted by molar-refractivity contribution is 6.31. The van der Waals surface area contributed by atoms with Crippen molar-refractivity contribution in [2.75, 3.05) is 0 Å². The largest absolute Gasteiger partial charge is 0.417 e. The third-order valence-corrected chi connectivity index (χ3v) is 3.54. The number of nitrogens with one attached hydrogen (secondary N) is 1. The van der Waals surface area contributed by atoms with E-state index in [-0.39, 0.29) is 12.4 Å². The Morgan fingerprint density at radius 2 is 1.37 bits per heavy atom. The van der Waals surface area contributed by atoms with Crippen molar-refractivity contribution in [3.63, 3.8) is 0 Å². The first-order valence-corrected chi connectivity index (χ1v) is 7.17. The first-order valence-electron chi connectivity index (χ1n) is 6.79. The zero-order valence-electron chi connectivity index (χ0n) is 12.9. The number of carbonyl (C=O) groups excluding carboxylic acids is 2. The summed E-state index contributed by atoms with van der Waals surface area (Å²) >= 11 is 5.42. The lowest BCUT2D eigenvalue weighted by atomic mass is 10.1. The summed E-state index contributed by atoms with van der Waals surface area (Å²) in [6.45, 7) is 0. The molecule has 27 heavy (non-hydrogen) atoms. The summed E-state index contributed by atoms with van der Waals surface area (Å²) in [7, 11) is 0. The average Bonchev–Trinajstić information content (AvgIpc) is 2.53. The van der Waals surface area contributed by atoms with E-state index in [1.807, 2.05) is 0 Å². The Kier molecular flexibility index (Phi) is 6.90. The molecule has 0 radical (unpaired) electrons. The van der Waals surface area contributed by atoms with Crippen LogP contribution in [-0.4, -0.2) is 11.8 Å². The molecule has 0 heterocycles. The molecule has 0 atom stereocenters. The van der Waals surface area contributed by atoms with Crippen LogP contribution in [0, 0.1) is 0 Å². The summed E-state index contributed by atoms with van der Waals surface area (Å²) < 4.78 is 76.3. The molecular weight excluding hydrogens is 423 g/mol. The van der Waals surface area contributed by atoms with Gasteiger partial charge in [-0.15, -0.1) is 12.4 Å². The lowest BCUT2D eigenvalue weighted by Gasteiger charge is -2.11. The Morgan fingerprint density at radius 1 is 0.815 bits per heavy atom. The molecule has 0 saturated heterocycles. The number of alkyl halides is 6. The highest BCUT2D eigenvalue weighted by atomic mass is 35.5. The molecule has 146 valence electrons. The second kappa shape index (κ2) is 8.18. The minimum atomic E-state index is -4.82. The average molecular weight is 432 g/mol. The number of carbonyl (C=O) groups is 2. The monoisotopic (exact) mass is 431 g/mol. The van der Waals surface area contributed by atoms with Crippen molar-refractivity contribution in [1.82, 2.24) is 5.32 Å². The maximum atomic E-state index is 12.8. The normalized spacial score (nSPS) is 11.5. The lowest BCUT2D eigenvalue weighted by Crippen LogP contribution is -2.30. The van der Waals surface area contributed by atoms with Crippen LogP contribution >= 0.6 is 24.0 Å². The van der Waals surface area contributed by atoms with Crippen LogP contribution < -0.4 is 5.32 Å². The van der Waals surface area contributed by atoms with Gasteiger partial charge in [0.1, 0.15) is 0 Å². The van der Waals surface area contributed by atoms with Crippen LogP contribution in [-0.2, 0) is 12.4 Å². The molecule has 0 bridgehead atoms. The van der Waals surface area contributed by atoms with E-state index in [1.54, 1.807) is 5.32 Å². The van der Waals surface area contributed by atoms with Crippen LogP contribution in [0.4, 0.5) is 26.3 Å². The predicted octanol–water partition coefficient (Wildman–Crippen LogP) is 5.37. The molecule has 0 aliphatic heterocycles. The van der Waals surface area contributed by atoms with Crippen molar-refractivity contribution in [3.05, 3.63) is 69.7 Å². The maximum absolute atomic E-state index is 12.8. The summed E-state index contributed by atoms with van der Waals surface area (Å²) in [6.07, 6.45) is -9.52. The molecule has 2 aromatic rings. The van der Waals surface area contributed by atoms with Crippen LogP contribution in [0.2, 0.25) is 5.02 Å². The van der Waals surface area contributed by atoms with Crippen molar-refractivity contribution in [3.8, 4) is 0 Å². The third-order valence-electron chi connectivity index (χ3n) is 3.21. The second-order valence-electron chi connectivity index (χ2n) is 5.05. The predicted molar refractivity (Wildman–Crippen MR) is 86.9 cm³/mol. The Bertz CT molecular complexity index is 865. The molecule has 0 aliphatic carbocycles. The van der Waals surface area contributed by atoms with E-state index in [4.69, 9.17) is 11.6 Å². The first kappa shape index (κ1) is 22.8. The molecule has 2 amide bonds. The minimum absolute atomic E-state index is 0. The van der Waals surface area contributed by atoms with E-state index in [0.29, 0.717) is 12.1 Å². The SMILES string of the molecule is Cl.O=C(NC(=O)c1ccc(Cl)c(C(F)(F)F)c1)c1cccc(C(F)(F)F)c1. The first-order chi connectivity index (χ1) is 11.9. The third kappa shape index (κ3) is 5.61. The summed E-state index contributed by atoms with van der Waals surface area (Å²) in [6, 6.07) is 5.46. The van der Waals surface area contributed by atoms with E-state index in [1.165, 1.54) is 0 Å². The highest BCUT2D eigenvalue weighted by Gasteiger charge is 2.34. The fourth-order valence-corrected chi connectivity index (χ4v) is 2.19. The van der Waals surface area contributed by atoms with Gasteiger partial charge in [-0.2, -0.15) is 26.3 Å². The molecular formula is C16H9Cl2F6NO2. The van der Waals surface area contributed by atoms with Gasteiger partial charge < -0.3 is 0 Å². The maximum Gasteiger partial charge on any atom is 0.417 e. The molecule has 2 aromatic carbocycles. The lowest BCUT2D eigenvalue weighted by molar-refractivity contribution is -0.138. The van der Waals surface area contributed by atoms with Gasteiger partial charge in [0.15, 0.2) is 0 Å². The highest BCUT2D eigenvalue weighted by Crippen LogP contribution is 2.35. The van der Waals surface area contributed by atoms with Crippen LogP contribution in [0.15, 0.2) is 42.5 Å². The van der Waals surface area contributed by atoms with Crippen molar-refractivity contribution < 1.29 is 35.9 Å². The van der Waals surface area contributed by atoms with Gasteiger partial charge in [-0.25, -0.2) is 0 Å². The topological polar surface area (TPSA) is 46.2 Å². The van der Waals surface area contributed by atoms with Crippen LogP contribution in [0.3, 0.4) is 0 Å². The summed E-state index contributed by atoms with van der Waals surface area (Å²) in [5.74, 6) is -2.40. The Morgan fingerprint density at radius 3 is 1.89 bits per heavy atom. The van der Waals surface area contributed by atoms with E-state index in [0.717, 1.165) is 30.3 Å². The number of benzene rings is 2. The minimum Gasteiger partial charge on any atom is -0.288 e. The van der Waals surface area contributed by atoms with Crippen LogP contribution in [0.1, 0.15) is 31.8 Å². The van der Waals surface area contributed by atoms with Crippen molar-refractivity contribution in [2.45, 2.75) is 12.4 Å².